The zero-order valence-electron chi connectivity index (χ0n) is 11.6. The van der Waals surface area contributed by atoms with Crippen LogP contribution in [0, 0.1) is 0 Å². The summed E-state index contributed by atoms with van der Waals surface area (Å²) in [5, 5.41) is 12.5. The Morgan fingerprint density at radius 2 is 2.19 bits per heavy atom. The second-order valence-electron chi connectivity index (χ2n) is 4.56. The van der Waals surface area contributed by atoms with Crippen LogP contribution in [0.25, 0.3) is 10.9 Å². The summed E-state index contributed by atoms with van der Waals surface area (Å²) in [4.78, 5) is 27.5. The first kappa shape index (κ1) is 15.3. The quantitative estimate of drug-likeness (QED) is 0.855. The van der Waals surface area contributed by atoms with Crippen molar-refractivity contribution in [2.45, 2.75) is 12.5 Å². The Balaban J connectivity index is 2.15. The third kappa shape index (κ3) is 3.95. The van der Waals surface area contributed by atoms with E-state index < -0.39 is 12.0 Å². The molecule has 1 heterocycles. The highest BCUT2D eigenvalue weighted by atomic mass is 32.2. The predicted octanol–water partition coefficient (Wildman–Crippen LogP) is 2.17. The van der Waals surface area contributed by atoms with E-state index in [0.717, 1.165) is 10.9 Å². The fourth-order valence-electron chi connectivity index (χ4n) is 1.95. The SMILES string of the molecule is CSCC[C@@H](NC(=O)c1ccc2ncccc2c1)C(=O)O. The number of nitrogens with zero attached hydrogens (tertiary/aromatic N) is 1. The zero-order chi connectivity index (χ0) is 15.2. The number of carbonyl (C=O) groups excluding carboxylic acids is 1. The average molecular weight is 304 g/mol. The Labute approximate surface area is 126 Å². The Hall–Kier alpha value is -2.08. The lowest BCUT2D eigenvalue weighted by Crippen LogP contribution is -2.41. The van der Waals surface area contributed by atoms with Crippen LogP contribution in [0.4, 0.5) is 0 Å². The lowest BCUT2D eigenvalue weighted by atomic mass is 10.1. The molecule has 1 atom stereocenters. The van der Waals surface area contributed by atoms with Gasteiger partial charge in [-0.1, -0.05) is 6.07 Å². The second-order valence-corrected chi connectivity index (χ2v) is 5.54. The van der Waals surface area contributed by atoms with Crippen LogP contribution in [0.2, 0.25) is 0 Å². The predicted molar refractivity (Wildman–Crippen MR) is 83.6 cm³/mol. The van der Waals surface area contributed by atoms with Gasteiger partial charge < -0.3 is 10.4 Å². The number of hydrogen-bond acceptors (Lipinski definition) is 4. The van der Waals surface area contributed by atoms with Crippen molar-refractivity contribution in [1.29, 1.82) is 0 Å². The number of fused-ring (bicyclic) bond motifs is 1. The molecule has 2 aromatic rings. The van der Waals surface area contributed by atoms with E-state index in [1.807, 2.05) is 12.3 Å². The molecule has 21 heavy (non-hydrogen) atoms. The van der Waals surface area contributed by atoms with E-state index in [2.05, 4.69) is 10.3 Å². The maximum Gasteiger partial charge on any atom is 0.326 e. The van der Waals surface area contributed by atoms with Crippen LogP contribution in [-0.2, 0) is 4.79 Å². The van der Waals surface area contributed by atoms with Crippen LogP contribution in [0.5, 0.6) is 0 Å². The minimum absolute atomic E-state index is 0.380. The Morgan fingerprint density at radius 1 is 1.38 bits per heavy atom. The maximum absolute atomic E-state index is 12.2. The number of aliphatic carboxylic acids is 1. The van der Waals surface area contributed by atoms with Gasteiger partial charge in [-0.2, -0.15) is 11.8 Å². The van der Waals surface area contributed by atoms with Gasteiger partial charge in [-0.3, -0.25) is 9.78 Å². The molecule has 0 spiro atoms. The topological polar surface area (TPSA) is 79.3 Å². The van der Waals surface area contributed by atoms with Crippen LogP contribution in [0.1, 0.15) is 16.8 Å². The minimum atomic E-state index is -1.01. The van der Waals surface area contributed by atoms with E-state index in [1.165, 1.54) is 0 Å². The smallest absolute Gasteiger partial charge is 0.326 e. The van der Waals surface area contributed by atoms with E-state index in [-0.39, 0.29) is 5.91 Å². The molecule has 0 aliphatic heterocycles. The van der Waals surface area contributed by atoms with Crippen LogP contribution in [0.3, 0.4) is 0 Å². The molecule has 0 unspecified atom stereocenters. The second kappa shape index (κ2) is 7.08. The Kier molecular flexibility index (Phi) is 5.16. The van der Waals surface area contributed by atoms with Gasteiger partial charge in [-0.15, -0.1) is 0 Å². The summed E-state index contributed by atoms with van der Waals surface area (Å²) in [7, 11) is 0. The molecule has 0 aliphatic carbocycles. The van der Waals surface area contributed by atoms with Crippen LogP contribution in [-0.4, -0.2) is 40.0 Å². The van der Waals surface area contributed by atoms with Crippen LogP contribution < -0.4 is 5.32 Å². The Bertz CT molecular complexity index is 660. The molecule has 0 saturated carbocycles. The highest BCUT2D eigenvalue weighted by molar-refractivity contribution is 7.98. The lowest BCUT2D eigenvalue weighted by molar-refractivity contribution is -0.139. The Morgan fingerprint density at radius 3 is 2.90 bits per heavy atom. The van der Waals surface area contributed by atoms with Crippen molar-refractivity contribution in [3.63, 3.8) is 0 Å². The van der Waals surface area contributed by atoms with Gasteiger partial charge in [0.1, 0.15) is 6.04 Å². The average Bonchev–Trinajstić information content (AvgIpc) is 2.50. The van der Waals surface area contributed by atoms with Crippen molar-refractivity contribution >= 4 is 34.5 Å². The number of pyridine rings is 1. The zero-order valence-corrected chi connectivity index (χ0v) is 12.4. The molecular weight excluding hydrogens is 288 g/mol. The van der Waals surface area contributed by atoms with Gasteiger partial charge in [0.25, 0.3) is 5.91 Å². The molecule has 6 heteroatoms. The van der Waals surface area contributed by atoms with E-state index in [4.69, 9.17) is 5.11 Å². The van der Waals surface area contributed by atoms with Gasteiger partial charge in [-0.05, 0) is 42.7 Å². The number of carboxylic acid groups (broad SMARTS) is 1. The molecule has 0 saturated heterocycles. The lowest BCUT2D eigenvalue weighted by Gasteiger charge is -2.14. The molecule has 0 fully saturated rings. The minimum Gasteiger partial charge on any atom is -0.480 e. The number of amides is 1. The summed E-state index contributed by atoms with van der Waals surface area (Å²) in [5.41, 5.74) is 1.23. The van der Waals surface area contributed by atoms with E-state index >= 15 is 0 Å². The molecular formula is C15H16N2O3S. The first-order chi connectivity index (χ1) is 10.1. The number of hydrogen-bond donors (Lipinski definition) is 2. The number of nitrogens with one attached hydrogen (secondary N) is 1. The molecule has 0 bridgehead atoms. The van der Waals surface area contributed by atoms with Gasteiger partial charge >= 0.3 is 5.97 Å². The highest BCUT2D eigenvalue weighted by Gasteiger charge is 2.20. The standard InChI is InChI=1S/C15H16N2O3S/c1-21-8-6-13(15(19)20)17-14(18)11-4-5-12-10(9-11)3-2-7-16-12/h2-5,7,9,13H,6,8H2,1H3,(H,17,18)(H,19,20)/t13-/m1/s1. The summed E-state index contributed by atoms with van der Waals surface area (Å²) in [6, 6.07) is 7.91. The molecule has 1 amide bonds. The van der Waals surface area contributed by atoms with E-state index in [9.17, 15) is 9.59 Å². The maximum atomic E-state index is 12.2. The van der Waals surface area contributed by atoms with Crippen LogP contribution in [0.15, 0.2) is 36.5 Å². The fourth-order valence-corrected chi connectivity index (χ4v) is 2.42. The molecule has 1 aromatic heterocycles. The first-order valence-electron chi connectivity index (χ1n) is 6.49. The van der Waals surface area contributed by atoms with Crippen molar-refractivity contribution in [1.82, 2.24) is 10.3 Å². The molecule has 0 aliphatic rings. The number of benzene rings is 1. The van der Waals surface area contributed by atoms with Crippen LogP contribution >= 0.6 is 11.8 Å². The van der Waals surface area contributed by atoms with Gasteiger partial charge in [-0.25, -0.2) is 4.79 Å². The van der Waals surface area contributed by atoms with Gasteiger partial charge in [0.15, 0.2) is 0 Å². The monoisotopic (exact) mass is 304 g/mol. The van der Waals surface area contributed by atoms with Gasteiger partial charge in [0.2, 0.25) is 0 Å². The molecule has 1 aromatic carbocycles. The fraction of sp³-hybridized carbons (Fsp3) is 0.267. The van der Waals surface area contributed by atoms with Crippen molar-refractivity contribution in [2.24, 2.45) is 0 Å². The molecule has 2 rings (SSSR count). The highest BCUT2D eigenvalue weighted by Crippen LogP contribution is 2.13. The van der Waals surface area contributed by atoms with Gasteiger partial charge in [0, 0.05) is 17.1 Å². The van der Waals surface area contributed by atoms with Crippen molar-refractivity contribution in [2.75, 3.05) is 12.0 Å². The summed E-state index contributed by atoms with van der Waals surface area (Å²) in [6.07, 6.45) is 3.99. The molecule has 110 valence electrons. The summed E-state index contributed by atoms with van der Waals surface area (Å²) < 4.78 is 0. The van der Waals surface area contributed by atoms with E-state index in [1.54, 1.807) is 42.2 Å². The third-order valence-corrected chi connectivity index (χ3v) is 3.72. The van der Waals surface area contributed by atoms with Gasteiger partial charge in [0.05, 0.1) is 5.52 Å². The number of aromatic nitrogens is 1. The molecule has 5 nitrogen and oxygen atoms in total. The number of carboxylic acids is 1. The van der Waals surface area contributed by atoms with Crippen molar-refractivity contribution in [3.05, 3.63) is 42.1 Å². The number of carbonyl (C=O) groups is 2. The number of thioether (sulfide) groups is 1. The number of rotatable bonds is 6. The summed E-state index contributed by atoms with van der Waals surface area (Å²) in [6.45, 7) is 0. The first-order valence-corrected chi connectivity index (χ1v) is 7.88. The normalized spacial score (nSPS) is 12.0. The van der Waals surface area contributed by atoms with Crippen molar-refractivity contribution < 1.29 is 14.7 Å². The third-order valence-electron chi connectivity index (χ3n) is 3.08. The van der Waals surface area contributed by atoms with Crippen molar-refractivity contribution in [3.8, 4) is 0 Å². The molecule has 0 radical (unpaired) electrons. The largest absolute Gasteiger partial charge is 0.480 e. The van der Waals surface area contributed by atoms with E-state index in [0.29, 0.717) is 17.7 Å². The summed E-state index contributed by atoms with van der Waals surface area (Å²) >= 11 is 1.55. The molecule has 2 N–H and O–H groups in total. The summed E-state index contributed by atoms with van der Waals surface area (Å²) in [5.74, 6) is -0.715.